The van der Waals surface area contributed by atoms with E-state index < -0.39 is 0 Å². The molecule has 0 fully saturated rings. The van der Waals surface area contributed by atoms with Crippen LogP contribution in [-0.2, 0) is 0 Å². The predicted molar refractivity (Wildman–Crippen MR) is 59.9 cm³/mol. The molecule has 3 heteroatoms. The first-order valence-electron chi connectivity index (χ1n) is 4.64. The van der Waals surface area contributed by atoms with Gasteiger partial charge in [0.1, 0.15) is 4.60 Å². The maximum Gasteiger partial charge on any atom is 0.108 e. The Bertz CT molecular complexity index is 259. The summed E-state index contributed by atoms with van der Waals surface area (Å²) in [6.45, 7) is 4.38. The van der Waals surface area contributed by atoms with Gasteiger partial charge in [-0.1, -0.05) is 13.8 Å². The number of pyridine rings is 1. The van der Waals surface area contributed by atoms with Crippen LogP contribution in [0.15, 0.2) is 22.9 Å². The number of anilines is 1. The first-order valence-corrected chi connectivity index (χ1v) is 5.43. The lowest BCUT2D eigenvalue weighted by Gasteiger charge is -2.15. The zero-order valence-electron chi connectivity index (χ0n) is 8.05. The van der Waals surface area contributed by atoms with Crippen molar-refractivity contribution >= 4 is 21.6 Å². The third kappa shape index (κ3) is 3.35. The van der Waals surface area contributed by atoms with Crippen LogP contribution in [0.5, 0.6) is 0 Å². The minimum Gasteiger partial charge on any atom is -0.382 e. The zero-order valence-corrected chi connectivity index (χ0v) is 9.63. The van der Waals surface area contributed by atoms with Crippen LogP contribution in [0.3, 0.4) is 0 Å². The zero-order chi connectivity index (χ0) is 9.68. The molecular weight excluding hydrogens is 228 g/mol. The number of nitrogens with one attached hydrogen (secondary N) is 1. The van der Waals surface area contributed by atoms with E-state index in [2.05, 4.69) is 40.1 Å². The summed E-state index contributed by atoms with van der Waals surface area (Å²) in [7, 11) is 0. The fraction of sp³-hybridized carbons (Fsp3) is 0.500. The second-order valence-corrected chi connectivity index (χ2v) is 3.84. The van der Waals surface area contributed by atoms with E-state index in [1.165, 1.54) is 0 Å². The molecule has 2 nitrogen and oxygen atoms in total. The number of aromatic nitrogens is 1. The van der Waals surface area contributed by atoms with Gasteiger partial charge in [0.05, 0.1) is 0 Å². The van der Waals surface area contributed by atoms with E-state index in [1.807, 2.05) is 12.1 Å². The third-order valence-electron chi connectivity index (χ3n) is 2.08. The van der Waals surface area contributed by atoms with Crippen LogP contribution < -0.4 is 5.32 Å². The van der Waals surface area contributed by atoms with Gasteiger partial charge in [0.25, 0.3) is 0 Å². The van der Waals surface area contributed by atoms with Crippen LogP contribution in [0.1, 0.15) is 26.7 Å². The summed E-state index contributed by atoms with van der Waals surface area (Å²) in [6.07, 6.45) is 4.10. The summed E-state index contributed by atoms with van der Waals surface area (Å²) in [5, 5.41) is 3.45. The average Bonchev–Trinajstić information content (AvgIpc) is 2.14. The molecule has 1 N–H and O–H groups in total. The van der Waals surface area contributed by atoms with Crippen LogP contribution in [-0.4, -0.2) is 11.0 Å². The number of nitrogens with zero attached hydrogens (tertiary/aromatic N) is 1. The van der Waals surface area contributed by atoms with Crippen molar-refractivity contribution in [3.05, 3.63) is 22.9 Å². The Morgan fingerprint density at radius 2 is 2.15 bits per heavy atom. The summed E-state index contributed by atoms with van der Waals surface area (Å²) in [5.41, 5.74) is 1.13. The third-order valence-corrected chi connectivity index (χ3v) is 2.52. The van der Waals surface area contributed by atoms with Crippen molar-refractivity contribution in [2.24, 2.45) is 0 Å². The molecule has 0 spiro atoms. The quantitative estimate of drug-likeness (QED) is 0.819. The topological polar surface area (TPSA) is 24.9 Å². The maximum absolute atomic E-state index is 4.08. The van der Waals surface area contributed by atoms with Crippen molar-refractivity contribution in [3.8, 4) is 0 Å². The van der Waals surface area contributed by atoms with E-state index in [-0.39, 0.29) is 0 Å². The minimum absolute atomic E-state index is 0.564. The predicted octanol–water partition coefficient (Wildman–Crippen LogP) is 3.44. The molecule has 0 aliphatic carbocycles. The van der Waals surface area contributed by atoms with Gasteiger partial charge in [0, 0.05) is 17.9 Å². The Morgan fingerprint density at radius 1 is 1.46 bits per heavy atom. The SMILES string of the molecule is CCC(CC)Nc1ccnc(Br)c1. The number of hydrogen-bond donors (Lipinski definition) is 1. The van der Waals surface area contributed by atoms with Gasteiger partial charge in [0.2, 0.25) is 0 Å². The van der Waals surface area contributed by atoms with Gasteiger partial charge in [0.15, 0.2) is 0 Å². The molecule has 1 aromatic heterocycles. The lowest BCUT2D eigenvalue weighted by atomic mass is 10.1. The van der Waals surface area contributed by atoms with E-state index in [0.29, 0.717) is 6.04 Å². The number of halogens is 1. The standard InChI is InChI=1S/C10H15BrN2/c1-3-8(4-2)13-9-5-6-12-10(11)7-9/h5-8H,3-4H2,1-2H3,(H,12,13). The summed E-state index contributed by atoms with van der Waals surface area (Å²) >= 11 is 3.34. The van der Waals surface area contributed by atoms with Crippen molar-refractivity contribution in [2.45, 2.75) is 32.7 Å². The molecule has 0 bridgehead atoms. The van der Waals surface area contributed by atoms with Gasteiger partial charge in [-0.25, -0.2) is 4.98 Å². The molecule has 0 saturated heterocycles. The van der Waals surface area contributed by atoms with Crippen molar-refractivity contribution < 1.29 is 0 Å². The number of hydrogen-bond acceptors (Lipinski definition) is 2. The Morgan fingerprint density at radius 3 is 2.69 bits per heavy atom. The molecule has 0 aliphatic heterocycles. The highest BCUT2D eigenvalue weighted by Gasteiger charge is 2.02. The van der Waals surface area contributed by atoms with Crippen LogP contribution in [0.25, 0.3) is 0 Å². The molecule has 0 aromatic carbocycles. The molecule has 0 aliphatic rings. The summed E-state index contributed by atoms with van der Waals surface area (Å²) < 4.78 is 0.878. The smallest absolute Gasteiger partial charge is 0.108 e. The average molecular weight is 243 g/mol. The van der Waals surface area contributed by atoms with Crippen molar-refractivity contribution in [1.82, 2.24) is 4.98 Å². The van der Waals surface area contributed by atoms with Crippen LogP contribution in [0.2, 0.25) is 0 Å². The highest BCUT2D eigenvalue weighted by molar-refractivity contribution is 9.10. The summed E-state index contributed by atoms with van der Waals surface area (Å²) in [4.78, 5) is 4.08. The Hall–Kier alpha value is -0.570. The largest absolute Gasteiger partial charge is 0.382 e. The van der Waals surface area contributed by atoms with Gasteiger partial charge < -0.3 is 5.32 Å². The molecule has 0 atom stereocenters. The fourth-order valence-corrected chi connectivity index (χ4v) is 1.59. The van der Waals surface area contributed by atoms with E-state index in [1.54, 1.807) is 6.20 Å². The lowest BCUT2D eigenvalue weighted by Crippen LogP contribution is -2.16. The van der Waals surface area contributed by atoms with Crippen LogP contribution >= 0.6 is 15.9 Å². The van der Waals surface area contributed by atoms with Gasteiger partial charge in [-0.2, -0.15) is 0 Å². The van der Waals surface area contributed by atoms with Crippen molar-refractivity contribution in [2.75, 3.05) is 5.32 Å². The Kier molecular flexibility index (Phi) is 4.22. The first-order chi connectivity index (χ1) is 6.26. The second kappa shape index (κ2) is 5.22. The fourth-order valence-electron chi connectivity index (χ4n) is 1.22. The molecule has 0 radical (unpaired) electrons. The highest BCUT2D eigenvalue weighted by Crippen LogP contribution is 2.15. The summed E-state index contributed by atoms with van der Waals surface area (Å²) in [6, 6.07) is 4.55. The van der Waals surface area contributed by atoms with Gasteiger partial charge in [-0.3, -0.25) is 0 Å². The monoisotopic (exact) mass is 242 g/mol. The molecule has 72 valence electrons. The second-order valence-electron chi connectivity index (χ2n) is 3.02. The highest BCUT2D eigenvalue weighted by atomic mass is 79.9. The normalized spacial score (nSPS) is 10.5. The molecule has 0 amide bonds. The molecular formula is C10H15BrN2. The Labute approximate surface area is 87.9 Å². The van der Waals surface area contributed by atoms with E-state index in [4.69, 9.17) is 0 Å². The molecule has 1 aromatic rings. The van der Waals surface area contributed by atoms with Gasteiger partial charge >= 0.3 is 0 Å². The molecule has 1 rings (SSSR count). The van der Waals surface area contributed by atoms with Crippen molar-refractivity contribution in [3.63, 3.8) is 0 Å². The maximum atomic E-state index is 4.08. The Balaban J connectivity index is 2.62. The summed E-state index contributed by atoms with van der Waals surface area (Å²) in [5.74, 6) is 0. The lowest BCUT2D eigenvalue weighted by molar-refractivity contribution is 0.671. The van der Waals surface area contributed by atoms with Gasteiger partial charge in [-0.05, 0) is 40.9 Å². The van der Waals surface area contributed by atoms with Crippen molar-refractivity contribution in [1.29, 1.82) is 0 Å². The minimum atomic E-state index is 0.564. The van der Waals surface area contributed by atoms with E-state index in [0.717, 1.165) is 23.1 Å². The van der Waals surface area contributed by atoms with E-state index in [9.17, 15) is 0 Å². The first kappa shape index (κ1) is 10.5. The van der Waals surface area contributed by atoms with Crippen LogP contribution in [0.4, 0.5) is 5.69 Å². The molecule has 0 unspecified atom stereocenters. The molecule has 13 heavy (non-hydrogen) atoms. The van der Waals surface area contributed by atoms with E-state index >= 15 is 0 Å². The number of rotatable bonds is 4. The molecule has 0 saturated carbocycles. The molecule has 1 heterocycles. The van der Waals surface area contributed by atoms with Gasteiger partial charge in [-0.15, -0.1) is 0 Å². The van der Waals surface area contributed by atoms with Crippen LogP contribution in [0, 0.1) is 0 Å².